The molecule has 1 aromatic carbocycles. The van der Waals surface area contributed by atoms with Crippen molar-refractivity contribution in [3.05, 3.63) is 35.4 Å². The molecule has 14 heavy (non-hydrogen) atoms. The Morgan fingerprint density at radius 1 is 1.14 bits per heavy atom. The Morgan fingerprint density at radius 3 is 2.21 bits per heavy atom. The molecule has 78 valence electrons. The van der Waals surface area contributed by atoms with Crippen LogP contribution in [-0.4, -0.2) is 25.5 Å². The average molecular weight is 194 g/mol. The second kappa shape index (κ2) is 5.75. The molecule has 0 unspecified atom stereocenters. The number of hydrogen-bond acceptors (Lipinski definition) is 3. The quantitative estimate of drug-likeness (QED) is 0.715. The first-order valence-corrected chi connectivity index (χ1v) is 4.76. The molecule has 0 aliphatic carbocycles. The summed E-state index contributed by atoms with van der Waals surface area (Å²) >= 11 is 0. The van der Waals surface area contributed by atoms with Crippen LogP contribution in [0.15, 0.2) is 24.3 Å². The molecule has 0 aliphatic heterocycles. The van der Waals surface area contributed by atoms with E-state index in [1.807, 2.05) is 0 Å². The number of rotatable bonds is 5. The highest BCUT2D eigenvalue weighted by Gasteiger charge is 1.96. The van der Waals surface area contributed by atoms with Crippen molar-refractivity contribution in [2.24, 2.45) is 5.90 Å². The van der Waals surface area contributed by atoms with Crippen molar-refractivity contribution < 1.29 is 4.84 Å². The summed E-state index contributed by atoms with van der Waals surface area (Å²) in [5, 5.41) is 0. The van der Waals surface area contributed by atoms with Crippen LogP contribution < -0.4 is 5.90 Å². The molecule has 0 bridgehead atoms. The minimum Gasteiger partial charge on any atom is -0.309 e. The lowest BCUT2D eigenvalue weighted by atomic mass is 10.1. The zero-order chi connectivity index (χ0) is 10.4. The zero-order valence-electron chi connectivity index (χ0n) is 8.86. The molecule has 0 radical (unpaired) electrons. The molecule has 0 fully saturated rings. The lowest BCUT2D eigenvalue weighted by Crippen LogP contribution is -2.15. The van der Waals surface area contributed by atoms with Gasteiger partial charge in [-0.1, -0.05) is 24.3 Å². The van der Waals surface area contributed by atoms with Crippen LogP contribution in [0.3, 0.4) is 0 Å². The summed E-state index contributed by atoms with van der Waals surface area (Å²) in [5.41, 5.74) is 2.46. The monoisotopic (exact) mass is 194 g/mol. The summed E-state index contributed by atoms with van der Waals surface area (Å²) in [6.07, 6.45) is 1.08. The van der Waals surface area contributed by atoms with E-state index in [-0.39, 0.29) is 0 Å². The third-order valence-electron chi connectivity index (χ3n) is 2.12. The summed E-state index contributed by atoms with van der Waals surface area (Å²) in [7, 11) is 4.16. The molecule has 0 saturated carbocycles. The molecule has 0 amide bonds. The number of hydrogen-bond donors (Lipinski definition) is 1. The molecule has 0 heterocycles. The Morgan fingerprint density at radius 2 is 1.71 bits per heavy atom. The van der Waals surface area contributed by atoms with Crippen molar-refractivity contribution in [1.82, 2.24) is 4.90 Å². The molecule has 3 heteroatoms. The van der Waals surface area contributed by atoms with Crippen molar-refractivity contribution >= 4 is 0 Å². The standard InChI is InChI=1S/C11H18N2O/c1-13(2)8-7-10-3-5-11(6-4-10)9-14-12/h3-6H,7-9,12H2,1-2H3. The van der Waals surface area contributed by atoms with Crippen LogP contribution in [0.5, 0.6) is 0 Å². The maximum atomic E-state index is 4.99. The first-order valence-electron chi connectivity index (χ1n) is 4.76. The number of likely N-dealkylation sites (N-methyl/N-ethyl adjacent to an activating group) is 1. The van der Waals surface area contributed by atoms with Gasteiger partial charge in [-0.05, 0) is 31.6 Å². The highest BCUT2D eigenvalue weighted by atomic mass is 16.6. The van der Waals surface area contributed by atoms with Gasteiger partial charge in [0.2, 0.25) is 0 Å². The van der Waals surface area contributed by atoms with Crippen molar-refractivity contribution in [2.45, 2.75) is 13.0 Å². The molecule has 3 nitrogen and oxygen atoms in total. The highest BCUT2D eigenvalue weighted by molar-refractivity contribution is 5.22. The van der Waals surface area contributed by atoms with Gasteiger partial charge in [0, 0.05) is 6.54 Å². The largest absolute Gasteiger partial charge is 0.309 e. The van der Waals surface area contributed by atoms with E-state index in [2.05, 4.69) is 48.1 Å². The van der Waals surface area contributed by atoms with Crippen molar-refractivity contribution in [2.75, 3.05) is 20.6 Å². The summed E-state index contributed by atoms with van der Waals surface area (Å²) in [5.74, 6) is 4.99. The molecule has 2 N–H and O–H groups in total. The van der Waals surface area contributed by atoms with Crippen LogP contribution in [0.1, 0.15) is 11.1 Å². The van der Waals surface area contributed by atoms with Crippen LogP contribution in [0.25, 0.3) is 0 Å². The van der Waals surface area contributed by atoms with Gasteiger partial charge in [-0.2, -0.15) is 0 Å². The number of benzene rings is 1. The van der Waals surface area contributed by atoms with E-state index in [0.717, 1.165) is 18.5 Å². The summed E-state index contributed by atoms with van der Waals surface area (Å²) in [4.78, 5) is 6.74. The average Bonchev–Trinajstić information content (AvgIpc) is 2.17. The van der Waals surface area contributed by atoms with Crippen LogP contribution in [0.2, 0.25) is 0 Å². The number of nitrogens with two attached hydrogens (primary N) is 1. The van der Waals surface area contributed by atoms with Crippen LogP contribution in [0, 0.1) is 0 Å². The van der Waals surface area contributed by atoms with E-state index in [0.29, 0.717) is 6.61 Å². The van der Waals surface area contributed by atoms with Gasteiger partial charge in [0.05, 0.1) is 6.61 Å². The van der Waals surface area contributed by atoms with E-state index < -0.39 is 0 Å². The first-order chi connectivity index (χ1) is 6.72. The minimum atomic E-state index is 0.480. The fourth-order valence-electron chi connectivity index (χ4n) is 1.25. The van der Waals surface area contributed by atoms with Gasteiger partial charge < -0.3 is 4.90 Å². The van der Waals surface area contributed by atoms with E-state index in [1.54, 1.807) is 0 Å². The third-order valence-corrected chi connectivity index (χ3v) is 2.12. The topological polar surface area (TPSA) is 38.5 Å². The fraction of sp³-hybridized carbons (Fsp3) is 0.455. The van der Waals surface area contributed by atoms with Gasteiger partial charge in [-0.25, -0.2) is 5.90 Å². The third kappa shape index (κ3) is 3.87. The van der Waals surface area contributed by atoms with Gasteiger partial charge in [-0.15, -0.1) is 0 Å². The molecule has 0 atom stereocenters. The molecule has 0 saturated heterocycles. The second-order valence-electron chi connectivity index (χ2n) is 3.68. The predicted molar refractivity (Wildman–Crippen MR) is 57.7 cm³/mol. The SMILES string of the molecule is CN(C)CCc1ccc(CON)cc1. The van der Waals surface area contributed by atoms with Crippen LogP contribution >= 0.6 is 0 Å². The Balaban J connectivity index is 2.46. The number of nitrogens with zero attached hydrogens (tertiary/aromatic N) is 1. The fourth-order valence-corrected chi connectivity index (χ4v) is 1.25. The molecule has 0 spiro atoms. The highest BCUT2D eigenvalue weighted by Crippen LogP contribution is 2.05. The second-order valence-corrected chi connectivity index (χ2v) is 3.68. The van der Waals surface area contributed by atoms with Gasteiger partial charge in [-0.3, -0.25) is 4.84 Å². The minimum absolute atomic E-state index is 0.480. The predicted octanol–water partition coefficient (Wildman–Crippen LogP) is 1.18. The smallest absolute Gasteiger partial charge is 0.0930 e. The first kappa shape index (κ1) is 11.2. The van der Waals surface area contributed by atoms with Gasteiger partial charge in [0.15, 0.2) is 0 Å². The summed E-state index contributed by atoms with van der Waals surface area (Å²) < 4.78 is 0. The molecule has 0 aliphatic rings. The normalized spacial score (nSPS) is 10.9. The molecular weight excluding hydrogens is 176 g/mol. The van der Waals surface area contributed by atoms with Gasteiger partial charge in [0.25, 0.3) is 0 Å². The van der Waals surface area contributed by atoms with E-state index in [4.69, 9.17) is 5.90 Å². The summed E-state index contributed by atoms with van der Waals surface area (Å²) in [6.45, 7) is 1.56. The zero-order valence-corrected chi connectivity index (χ0v) is 8.86. The van der Waals surface area contributed by atoms with E-state index in [1.165, 1.54) is 5.56 Å². The lowest BCUT2D eigenvalue weighted by Gasteiger charge is -2.09. The van der Waals surface area contributed by atoms with Gasteiger partial charge in [0.1, 0.15) is 0 Å². The Kier molecular flexibility index (Phi) is 4.59. The van der Waals surface area contributed by atoms with Crippen LogP contribution in [-0.2, 0) is 17.9 Å². The van der Waals surface area contributed by atoms with E-state index in [9.17, 15) is 0 Å². The van der Waals surface area contributed by atoms with E-state index >= 15 is 0 Å². The van der Waals surface area contributed by atoms with Crippen molar-refractivity contribution in [3.63, 3.8) is 0 Å². The Hall–Kier alpha value is -0.900. The van der Waals surface area contributed by atoms with Crippen LogP contribution in [0.4, 0.5) is 0 Å². The maximum absolute atomic E-state index is 4.99. The Labute approximate surface area is 85.4 Å². The van der Waals surface area contributed by atoms with Crippen molar-refractivity contribution in [1.29, 1.82) is 0 Å². The molecular formula is C11H18N2O. The molecule has 1 rings (SSSR count). The summed E-state index contributed by atoms with van der Waals surface area (Å²) in [6, 6.07) is 8.35. The van der Waals surface area contributed by atoms with Gasteiger partial charge >= 0.3 is 0 Å². The lowest BCUT2D eigenvalue weighted by molar-refractivity contribution is 0.124. The van der Waals surface area contributed by atoms with Crippen molar-refractivity contribution in [3.8, 4) is 0 Å². The maximum Gasteiger partial charge on any atom is 0.0930 e. The Bertz CT molecular complexity index is 256. The molecule has 0 aromatic heterocycles. The molecule has 1 aromatic rings.